The SMILES string of the molecule is CCc1ccccc1CN(C(=O)OC)C(=O)OC. The fraction of sp³-hybridized carbons (Fsp3) is 0.385. The van der Waals surface area contributed by atoms with Crippen molar-refractivity contribution in [1.29, 1.82) is 0 Å². The number of rotatable bonds is 3. The zero-order valence-electron chi connectivity index (χ0n) is 10.8. The second-order valence-corrected chi connectivity index (χ2v) is 3.65. The number of imide groups is 1. The summed E-state index contributed by atoms with van der Waals surface area (Å²) in [6, 6.07) is 7.62. The molecule has 0 saturated heterocycles. The first-order valence-electron chi connectivity index (χ1n) is 5.64. The number of hydrogen-bond acceptors (Lipinski definition) is 4. The molecule has 0 atom stereocenters. The van der Waals surface area contributed by atoms with Gasteiger partial charge in [0.15, 0.2) is 0 Å². The van der Waals surface area contributed by atoms with Crippen LogP contribution in [-0.4, -0.2) is 31.3 Å². The number of amides is 2. The van der Waals surface area contributed by atoms with Crippen LogP contribution in [0, 0.1) is 0 Å². The van der Waals surface area contributed by atoms with Gasteiger partial charge in [0, 0.05) is 0 Å². The number of ether oxygens (including phenoxy) is 2. The summed E-state index contributed by atoms with van der Waals surface area (Å²) in [4.78, 5) is 24.0. The molecule has 0 unspecified atom stereocenters. The van der Waals surface area contributed by atoms with Gasteiger partial charge in [-0.1, -0.05) is 31.2 Å². The standard InChI is InChI=1S/C13H17NO4/c1-4-10-7-5-6-8-11(10)9-14(12(15)17-2)13(16)18-3/h5-8H,4,9H2,1-3H3. The molecule has 1 aromatic rings. The van der Waals surface area contributed by atoms with Crippen LogP contribution in [0.5, 0.6) is 0 Å². The average Bonchev–Trinajstić information content (AvgIpc) is 2.43. The van der Waals surface area contributed by atoms with E-state index in [1.54, 1.807) is 0 Å². The molecule has 0 N–H and O–H groups in total. The van der Waals surface area contributed by atoms with Crippen molar-refractivity contribution >= 4 is 12.2 Å². The van der Waals surface area contributed by atoms with Gasteiger partial charge in [-0.05, 0) is 17.5 Å². The summed E-state index contributed by atoms with van der Waals surface area (Å²) in [7, 11) is 2.45. The Morgan fingerprint density at radius 1 is 1.06 bits per heavy atom. The molecule has 0 aliphatic carbocycles. The molecule has 0 spiro atoms. The minimum Gasteiger partial charge on any atom is -0.452 e. The van der Waals surface area contributed by atoms with Crippen LogP contribution in [-0.2, 0) is 22.4 Å². The topological polar surface area (TPSA) is 55.8 Å². The van der Waals surface area contributed by atoms with Crippen LogP contribution in [0.3, 0.4) is 0 Å². The van der Waals surface area contributed by atoms with E-state index in [1.165, 1.54) is 14.2 Å². The maximum Gasteiger partial charge on any atom is 0.419 e. The highest BCUT2D eigenvalue weighted by Crippen LogP contribution is 2.13. The molecule has 5 heteroatoms. The van der Waals surface area contributed by atoms with Gasteiger partial charge in [-0.3, -0.25) is 0 Å². The van der Waals surface area contributed by atoms with E-state index in [2.05, 4.69) is 9.47 Å². The van der Waals surface area contributed by atoms with Crippen molar-refractivity contribution in [3.8, 4) is 0 Å². The molecular formula is C13H17NO4. The molecule has 0 aliphatic heterocycles. The van der Waals surface area contributed by atoms with E-state index in [9.17, 15) is 9.59 Å². The lowest BCUT2D eigenvalue weighted by Gasteiger charge is -2.19. The molecule has 1 aromatic carbocycles. The van der Waals surface area contributed by atoms with Gasteiger partial charge in [0.1, 0.15) is 0 Å². The number of hydrogen-bond donors (Lipinski definition) is 0. The van der Waals surface area contributed by atoms with Gasteiger partial charge in [0.25, 0.3) is 0 Å². The molecule has 1 rings (SSSR count). The zero-order valence-corrected chi connectivity index (χ0v) is 10.8. The molecule has 0 fully saturated rings. The van der Waals surface area contributed by atoms with Crippen molar-refractivity contribution in [1.82, 2.24) is 4.90 Å². The normalized spacial score (nSPS) is 9.72. The fourth-order valence-corrected chi connectivity index (χ4v) is 1.65. The van der Waals surface area contributed by atoms with Crippen molar-refractivity contribution < 1.29 is 19.1 Å². The van der Waals surface area contributed by atoms with E-state index in [4.69, 9.17) is 0 Å². The molecular weight excluding hydrogens is 234 g/mol. The van der Waals surface area contributed by atoms with E-state index in [-0.39, 0.29) is 6.54 Å². The summed E-state index contributed by atoms with van der Waals surface area (Å²) in [6.45, 7) is 2.16. The van der Waals surface area contributed by atoms with Crippen molar-refractivity contribution in [2.24, 2.45) is 0 Å². The lowest BCUT2D eigenvalue weighted by atomic mass is 10.1. The van der Waals surface area contributed by atoms with Crippen molar-refractivity contribution in [3.05, 3.63) is 35.4 Å². The molecule has 2 amide bonds. The van der Waals surface area contributed by atoms with Crippen LogP contribution in [0.1, 0.15) is 18.1 Å². The summed E-state index contributed by atoms with van der Waals surface area (Å²) in [5.41, 5.74) is 1.98. The van der Waals surface area contributed by atoms with Crippen molar-refractivity contribution in [2.45, 2.75) is 19.9 Å². The second kappa shape index (κ2) is 6.64. The Morgan fingerprint density at radius 3 is 2.00 bits per heavy atom. The molecule has 0 heterocycles. The van der Waals surface area contributed by atoms with Crippen molar-refractivity contribution in [2.75, 3.05) is 14.2 Å². The molecule has 0 aliphatic rings. The Morgan fingerprint density at radius 2 is 1.56 bits per heavy atom. The first-order valence-corrected chi connectivity index (χ1v) is 5.64. The maximum atomic E-state index is 11.5. The van der Waals surface area contributed by atoms with E-state index in [0.29, 0.717) is 0 Å². The third-order valence-corrected chi connectivity index (χ3v) is 2.62. The van der Waals surface area contributed by atoms with Gasteiger partial charge < -0.3 is 9.47 Å². The van der Waals surface area contributed by atoms with E-state index < -0.39 is 12.2 Å². The molecule has 18 heavy (non-hydrogen) atoms. The van der Waals surface area contributed by atoms with Gasteiger partial charge in [0.2, 0.25) is 0 Å². The summed E-state index contributed by atoms with van der Waals surface area (Å²) in [5.74, 6) is 0. The number of methoxy groups -OCH3 is 2. The molecule has 98 valence electrons. The summed E-state index contributed by atoms with van der Waals surface area (Å²) >= 11 is 0. The van der Waals surface area contributed by atoms with Crippen LogP contribution >= 0.6 is 0 Å². The number of carbonyl (C=O) groups is 2. The summed E-state index contributed by atoms with van der Waals surface area (Å²) in [5, 5.41) is 0. The average molecular weight is 251 g/mol. The fourth-order valence-electron chi connectivity index (χ4n) is 1.65. The van der Waals surface area contributed by atoms with Gasteiger partial charge >= 0.3 is 12.2 Å². The van der Waals surface area contributed by atoms with Gasteiger partial charge in [-0.25, -0.2) is 14.5 Å². The minimum absolute atomic E-state index is 0.142. The minimum atomic E-state index is -0.729. The van der Waals surface area contributed by atoms with E-state index in [1.807, 2.05) is 31.2 Å². The Bertz CT molecular complexity index is 415. The molecule has 0 radical (unpaired) electrons. The Kier molecular flexibility index (Phi) is 5.17. The molecule has 0 saturated carbocycles. The predicted molar refractivity (Wildman–Crippen MR) is 66.2 cm³/mol. The summed E-state index contributed by atoms with van der Waals surface area (Å²) < 4.78 is 9.13. The predicted octanol–water partition coefficient (Wildman–Crippen LogP) is 2.58. The molecule has 5 nitrogen and oxygen atoms in total. The maximum absolute atomic E-state index is 11.5. The van der Waals surface area contributed by atoms with Crippen LogP contribution in [0.4, 0.5) is 9.59 Å². The highest BCUT2D eigenvalue weighted by molar-refractivity contribution is 5.87. The molecule has 0 aromatic heterocycles. The third kappa shape index (κ3) is 3.23. The van der Waals surface area contributed by atoms with Gasteiger partial charge in [-0.15, -0.1) is 0 Å². The van der Waals surface area contributed by atoms with Crippen molar-refractivity contribution in [3.63, 3.8) is 0 Å². The smallest absolute Gasteiger partial charge is 0.419 e. The quantitative estimate of drug-likeness (QED) is 0.828. The molecule has 0 bridgehead atoms. The second-order valence-electron chi connectivity index (χ2n) is 3.65. The number of carbonyl (C=O) groups excluding carboxylic acids is 2. The van der Waals surface area contributed by atoms with Gasteiger partial charge in [-0.2, -0.15) is 0 Å². The number of benzene rings is 1. The summed E-state index contributed by atoms with van der Waals surface area (Å²) in [6.07, 6.45) is -0.632. The monoisotopic (exact) mass is 251 g/mol. The number of nitrogens with zero attached hydrogens (tertiary/aromatic N) is 1. The van der Waals surface area contributed by atoms with E-state index in [0.717, 1.165) is 22.4 Å². The number of aryl methyl sites for hydroxylation is 1. The zero-order chi connectivity index (χ0) is 13.5. The first-order chi connectivity index (χ1) is 8.63. The lowest BCUT2D eigenvalue weighted by Crippen LogP contribution is -2.36. The highest BCUT2D eigenvalue weighted by atomic mass is 16.6. The van der Waals surface area contributed by atoms with Crippen LogP contribution in [0.25, 0.3) is 0 Å². The Balaban J connectivity index is 2.95. The van der Waals surface area contributed by atoms with Gasteiger partial charge in [0.05, 0.1) is 20.8 Å². The van der Waals surface area contributed by atoms with Crippen LogP contribution in [0.2, 0.25) is 0 Å². The van der Waals surface area contributed by atoms with Crippen LogP contribution < -0.4 is 0 Å². The lowest BCUT2D eigenvalue weighted by molar-refractivity contribution is 0.0960. The largest absolute Gasteiger partial charge is 0.452 e. The third-order valence-electron chi connectivity index (χ3n) is 2.62. The van der Waals surface area contributed by atoms with E-state index >= 15 is 0 Å². The Labute approximate surface area is 106 Å². The van der Waals surface area contributed by atoms with Crippen LogP contribution in [0.15, 0.2) is 24.3 Å². The first kappa shape index (κ1) is 14.0. The highest BCUT2D eigenvalue weighted by Gasteiger charge is 2.23. The Hall–Kier alpha value is -2.04.